The Kier molecular flexibility index (Phi) is 8.13. The fourth-order valence-electron chi connectivity index (χ4n) is 3.08. The van der Waals surface area contributed by atoms with Crippen LogP contribution in [0.4, 0.5) is 0 Å². The third-order valence-corrected chi connectivity index (χ3v) is 5.66. The highest BCUT2D eigenvalue weighted by atomic mass is 79.9. The lowest BCUT2D eigenvalue weighted by Gasteiger charge is -2.15. The van der Waals surface area contributed by atoms with Crippen molar-refractivity contribution in [2.24, 2.45) is 0 Å². The summed E-state index contributed by atoms with van der Waals surface area (Å²) in [6, 6.07) is 2.94. The Balaban J connectivity index is 0.00000155. The number of rotatable bonds is 4. The van der Waals surface area contributed by atoms with Crippen molar-refractivity contribution in [2.75, 3.05) is 0 Å². The van der Waals surface area contributed by atoms with Crippen molar-refractivity contribution in [1.82, 2.24) is 0 Å². The molecule has 1 heterocycles. The van der Waals surface area contributed by atoms with Crippen LogP contribution in [0, 0.1) is 0 Å². The van der Waals surface area contributed by atoms with Crippen LogP contribution in [0.1, 0.15) is 42.5 Å². The van der Waals surface area contributed by atoms with E-state index >= 15 is 0 Å². The first kappa shape index (κ1) is 24.9. The van der Waals surface area contributed by atoms with E-state index in [1.54, 1.807) is 6.92 Å². The first-order valence-electron chi connectivity index (χ1n) is 9.10. The van der Waals surface area contributed by atoms with Crippen LogP contribution in [0.5, 0.6) is 5.75 Å². The van der Waals surface area contributed by atoms with Crippen LogP contribution in [-0.2, 0) is 6.42 Å². The average Bonchev–Trinajstić information content (AvgIpc) is 3.11. The Morgan fingerprint density at radius 2 is 1.60 bits per heavy atom. The molecule has 3 N–H and O–H groups in total. The number of carbonyl (C=O) groups excluding carboxylic acids is 1. The van der Waals surface area contributed by atoms with E-state index in [0.717, 1.165) is 0 Å². The van der Waals surface area contributed by atoms with Crippen molar-refractivity contribution in [3.8, 4) is 5.75 Å². The lowest BCUT2D eigenvalue weighted by molar-refractivity contribution is 0.103. The molecule has 0 spiro atoms. The second kappa shape index (κ2) is 9.81. The molecule has 0 atom stereocenters. The van der Waals surface area contributed by atoms with Crippen LogP contribution in [0.2, 0.25) is 0 Å². The summed E-state index contributed by atoms with van der Waals surface area (Å²) in [5.74, 6) is -0.138. The Morgan fingerprint density at radius 3 is 2.07 bits per heavy atom. The standard InChI is InChI=1S/C17H10B4Br2O5.C2H6/c1-2-8-9(15(24)5-3-6(22)16(25)7(23)4-5)10-11(18)12(19)14(21(26)27)13(20)17(10)28-8;1-2/h3-4,25-27H,2H2,1H3;1-2H3. The number of benzene rings is 2. The van der Waals surface area contributed by atoms with Crippen LogP contribution < -0.4 is 21.9 Å². The molecule has 0 amide bonds. The van der Waals surface area contributed by atoms with Gasteiger partial charge in [-0.2, -0.15) is 0 Å². The van der Waals surface area contributed by atoms with Crippen molar-refractivity contribution in [3.05, 3.63) is 38.0 Å². The summed E-state index contributed by atoms with van der Waals surface area (Å²) in [6.07, 6.45) is 0.353. The molecule has 2 aromatic carbocycles. The van der Waals surface area contributed by atoms with Gasteiger partial charge in [-0.3, -0.25) is 4.79 Å². The molecule has 11 heteroatoms. The number of phenols is 1. The molecule has 0 aliphatic carbocycles. The molecule has 6 radical (unpaired) electrons. The SMILES string of the molecule is CC.[B]c1c(B(O)O)c([B])c2oc(CC)c(C(=O)c3cc(Br)c(O)c(Br)c3)c2c1[B]. The summed E-state index contributed by atoms with van der Waals surface area (Å²) in [5.41, 5.74) is 0.0659. The molecule has 0 aliphatic heterocycles. The summed E-state index contributed by atoms with van der Waals surface area (Å²) in [7, 11) is 16.1. The minimum absolute atomic E-state index is 0.0315. The lowest BCUT2D eigenvalue weighted by Crippen LogP contribution is -2.56. The van der Waals surface area contributed by atoms with Crippen molar-refractivity contribution in [2.45, 2.75) is 27.2 Å². The van der Waals surface area contributed by atoms with Gasteiger partial charge < -0.3 is 19.6 Å². The van der Waals surface area contributed by atoms with Gasteiger partial charge in [-0.15, -0.1) is 5.46 Å². The fraction of sp³-hybridized carbons (Fsp3) is 0.211. The zero-order valence-corrected chi connectivity index (χ0v) is 19.8. The molecular weight excluding hydrogens is 511 g/mol. The lowest BCUT2D eigenvalue weighted by atomic mass is 9.60. The van der Waals surface area contributed by atoms with Gasteiger partial charge in [0.1, 0.15) is 40.6 Å². The Hall–Kier alpha value is -1.41. The van der Waals surface area contributed by atoms with Crippen LogP contribution in [0.3, 0.4) is 0 Å². The van der Waals surface area contributed by atoms with Gasteiger partial charge in [0.25, 0.3) is 0 Å². The van der Waals surface area contributed by atoms with Gasteiger partial charge in [0, 0.05) is 17.4 Å². The highest BCUT2D eigenvalue weighted by Crippen LogP contribution is 2.35. The number of ketones is 1. The fourth-order valence-corrected chi connectivity index (χ4v) is 4.27. The number of aromatic hydroxyl groups is 1. The van der Waals surface area contributed by atoms with Gasteiger partial charge in [0.15, 0.2) is 5.78 Å². The first-order chi connectivity index (χ1) is 14.1. The Morgan fingerprint density at radius 1 is 1.07 bits per heavy atom. The first-order valence-corrected chi connectivity index (χ1v) is 10.7. The number of halogens is 2. The maximum absolute atomic E-state index is 13.3. The summed E-state index contributed by atoms with van der Waals surface area (Å²) in [5, 5.41) is 29.2. The van der Waals surface area contributed by atoms with Crippen molar-refractivity contribution in [3.63, 3.8) is 0 Å². The van der Waals surface area contributed by atoms with E-state index in [2.05, 4.69) is 31.9 Å². The minimum Gasteiger partial charge on any atom is -0.506 e. The third-order valence-electron chi connectivity index (χ3n) is 4.45. The van der Waals surface area contributed by atoms with Gasteiger partial charge in [-0.25, -0.2) is 0 Å². The second-order valence-corrected chi connectivity index (χ2v) is 7.81. The van der Waals surface area contributed by atoms with Crippen molar-refractivity contribution < 1.29 is 24.4 Å². The molecule has 0 unspecified atom stereocenters. The van der Waals surface area contributed by atoms with Crippen LogP contribution in [-0.4, -0.2) is 51.6 Å². The molecule has 0 saturated carbocycles. The molecule has 148 valence electrons. The molecule has 0 aliphatic rings. The number of phenolic OH excluding ortho intramolecular Hbond substituents is 1. The topological polar surface area (TPSA) is 90.9 Å². The molecule has 0 bridgehead atoms. The third kappa shape index (κ3) is 4.17. The summed E-state index contributed by atoms with van der Waals surface area (Å²) in [4.78, 5) is 13.3. The molecule has 5 nitrogen and oxygen atoms in total. The zero-order valence-electron chi connectivity index (χ0n) is 16.6. The van der Waals surface area contributed by atoms with Crippen LogP contribution in [0.25, 0.3) is 11.0 Å². The summed E-state index contributed by atoms with van der Waals surface area (Å²) in [6.45, 7) is 5.79. The van der Waals surface area contributed by atoms with Crippen LogP contribution in [0.15, 0.2) is 25.5 Å². The molecule has 1 aromatic heterocycles. The smallest absolute Gasteiger partial charge is 0.487 e. The second-order valence-electron chi connectivity index (χ2n) is 6.10. The largest absolute Gasteiger partial charge is 0.506 e. The Labute approximate surface area is 195 Å². The van der Waals surface area contributed by atoms with E-state index < -0.39 is 12.9 Å². The number of fused-ring (bicyclic) bond motifs is 1. The minimum atomic E-state index is -1.95. The molecule has 3 aromatic rings. The number of carbonyl (C=O) groups is 1. The maximum atomic E-state index is 13.3. The van der Waals surface area contributed by atoms with Crippen molar-refractivity contribution in [1.29, 1.82) is 0 Å². The summed E-state index contributed by atoms with van der Waals surface area (Å²) >= 11 is 6.40. The molecule has 0 fully saturated rings. The molecule has 0 saturated heterocycles. The van der Waals surface area contributed by atoms with Gasteiger partial charge in [0.05, 0.1) is 14.5 Å². The van der Waals surface area contributed by atoms with E-state index in [9.17, 15) is 19.9 Å². The average molecular weight is 527 g/mol. The Bertz CT molecular complexity index is 1110. The van der Waals surface area contributed by atoms with Crippen LogP contribution >= 0.6 is 31.9 Å². The molecular formula is C19H16B4Br2O5. The van der Waals surface area contributed by atoms with E-state index in [1.807, 2.05) is 13.8 Å². The quantitative estimate of drug-likeness (QED) is 0.341. The molecule has 30 heavy (non-hydrogen) atoms. The van der Waals surface area contributed by atoms with E-state index in [1.165, 1.54) is 12.1 Å². The summed E-state index contributed by atoms with van der Waals surface area (Å²) < 4.78 is 6.41. The predicted molar refractivity (Wildman–Crippen MR) is 130 cm³/mol. The van der Waals surface area contributed by atoms with E-state index in [4.69, 9.17) is 28.0 Å². The van der Waals surface area contributed by atoms with Gasteiger partial charge in [0.2, 0.25) is 0 Å². The monoisotopic (exact) mass is 526 g/mol. The molecule has 3 rings (SSSR count). The normalized spacial score (nSPS) is 10.6. The van der Waals surface area contributed by atoms with Crippen molar-refractivity contribution >= 4 is 101 Å². The number of hydrogen-bond acceptors (Lipinski definition) is 5. The zero-order chi connectivity index (χ0) is 22.9. The highest BCUT2D eigenvalue weighted by molar-refractivity contribution is 9.11. The highest BCUT2D eigenvalue weighted by Gasteiger charge is 2.28. The predicted octanol–water partition coefficient (Wildman–Crippen LogP) is 0.544. The van der Waals surface area contributed by atoms with Gasteiger partial charge in [-0.1, -0.05) is 31.7 Å². The number of hydrogen-bond donors (Lipinski definition) is 3. The van der Waals surface area contributed by atoms with Gasteiger partial charge in [-0.05, 0) is 49.5 Å². The van der Waals surface area contributed by atoms with Gasteiger partial charge >= 0.3 is 7.12 Å². The number of furan rings is 1. The maximum Gasteiger partial charge on any atom is 0.487 e. The number of aryl methyl sites for hydroxylation is 1. The van der Waals surface area contributed by atoms with E-state index in [-0.39, 0.29) is 49.7 Å². The van der Waals surface area contributed by atoms with E-state index in [0.29, 0.717) is 21.1 Å².